The van der Waals surface area contributed by atoms with Crippen LogP contribution in [0.4, 0.5) is 17.1 Å². The lowest BCUT2D eigenvalue weighted by Crippen LogP contribution is -2.42. The van der Waals surface area contributed by atoms with Gasteiger partial charge in [0.1, 0.15) is 22.8 Å². The Kier molecular flexibility index (Phi) is 14.7. The molecule has 0 saturated carbocycles. The van der Waals surface area contributed by atoms with Crippen molar-refractivity contribution in [2.24, 2.45) is 5.92 Å². The number of rotatable bonds is 16. The van der Waals surface area contributed by atoms with Gasteiger partial charge in [0, 0.05) is 71.8 Å². The van der Waals surface area contributed by atoms with Crippen molar-refractivity contribution in [2.45, 2.75) is 33.6 Å². The Morgan fingerprint density at radius 1 is 0.688 bits per heavy atom. The van der Waals surface area contributed by atoms with Crippen LogP contribution in [0, 0.1) is 19.8 Å². The summed E-state index contributed by atoms with van der Waals surface area (Å²) < 4.78 is 5.48. The summed E-state index contributed by atoms with van der Waals surface area (Å²) in [5.74, 6) is -4.79. The zero-order chi connectivity index (χ0) is 46.1. The molecule has 1 heterocycles. The predicted octanol–water partition coefficient (Wildman–Crippen LogP) is 7.00. The van der Waals surface area contributed by atoms with Crippen LogP contribution in [-0.4, -0.2) is 93.4 Å². The average Bonchev–Trinajstić information content (AvgIpc) is 3.28. The van der Waals surface area contributed by atoms with Gasteiger partial charge in [-0.3, -0.25) is 28.9 Å². The third-order valence-corrected chi connectivity index (χ3v) is 11.0. The first kappa shape index (κ1) is 45.9. The number of amides is 3. The van der Waals surface area contributed by atoms with Crippen LogP contribution in [-0.2, 0) is 20.7 Å². The summed E-state index contributed by atoms with van der Waals surface area (Å²) in [5.41, 5.74) is 3.34. The number of nitrogens with one attached hydrogen (secondary N) is 3. The summed E-state index contributed by atoms with van der Waals surface area (Å²) in [4.78, 5) is 80.0. The Hall–Kier alpha value is -7.62. The van der Waals surface area contributed by atoms with Gasteiger partial charge in [-0.1, -0.05) is 36.4 Å². The molecule has 1 atom stereocenters. The van der Waals surface area contributed by atoms with E-state index in [0.29, 0.717) is 49.7 Å². The van der Waals surface area contributed by atoms with Crippen molar-refractivity contribution in [1.29, 1.82) is 0 Å². The SMILES string of the molecule is C/C(=C\c1ccc(O)cc1)C(=O)Cc1ccc(C(=O)CC(CN2CCOCC2)C(=O)Nc2ccc(C(=O)Nc3ccc(C(=O)Nc4ccc(C(=O)O)c(O)c4C)c(O)c3C)cc2)cc1. The minimum Gasteiger partial charge on any atom is -0.508 e. The fourth-order valence-electron chi connectivity index (χ4n) is 7.07. The predicted molar refractivity (Wildman–Crippen MR) is 240 cm³/mol. The number of carbonyl (C=O) groups excluding carboxylic acids is 5. The van der Waals surface area contributed by atoms with Crippen LogP contribution in [0.3, 0.4) is 0 Å². The van der Waals surface area contributed by atoms with Gasteiger partial charge in [-0.15, -0.1) is 0 Å². The maximum absolute atomic E-state index is 13.8. The van der Waals surface area contributed by atoms with E-state index >= 15 is 0 Å². The third kappa shape index (κ3) is 11.4. The average molecular weight is 869 g/mol. The van der Waals surface area contributed by atoms with Gasteiger partial charge in [0.05, 0.1) is 24.7 Å². The number of nitrogens with zero attached hydrogens (tertiary/aromatic N) is 1. The maximum Gasteiger partial charge on any atom is 0.339 e. The molecule has 1 saturated heterocycles. The molecule has 0 aliphatic carbocycles. The maximum atomic E-state index is 13.8. The molecule has 1 unspecified atom stereocenters. The van der Waals surface area contributed by atoms with Crippen LogP contribution < -0.4 is 16.0 Å². The summed E-state index contributed by atoms with van der Waals surface area (Å²) in [6.07, 6.45) is 1.81. The molecule has 1 fully saturated rings. The minimum atomic E-state index is -1.33. The zero-order valence-electron chi connectivity index (χ0n) is 35.4. The molecule has 3 amide bonds. The molecular weight excluding hydrogens is 821 g/mol. The number of carboxylic acid groups (broad SMARTS) is 1. The van der Waals surface area contributed by atoms with Crippen molar-refractivity contribution < 1.29 is 53.9 Å². The summed E-state index contributed by atoms with van der Waals surface area (Å²) >= 11 is 0. The van der Waals surface area contributed by atoms with E-state index in [1.54, 1.807) is 73.7 Å². The number of phenols is 3. The van der Waals surface area contributed by atoms with E-state index < -0.39 is 35.2 Å². The first-order valence-electron chi connectivity index (χ1n) is 20.4. The lowest BCUT2D eigenvalue weighted by atomic mass is 9.95. The number of morpholine rings is 1. The summed E-state index contributed by atoms with van der Waals surface area (Å²) in [6, 6.07) is 24.7. The lowest BCUT2D eigenvalue weighted by Gasteiger charge is -2.29. The third-order valence-electron chi connectivity index (χ3n) is 11.0. The number of aromatic hydroxyl groups is 3. The van der Waals surface area contributed by atoms with Crippen LogP contribution in [0.1, 0.15) is 77.0 Å². The standard InChI is InChI=1S/C49H48N4O11/c1-28(24-31-6-14-37(54)15-7-31)42(55)25-32-4-8-33(9-5-32)43(56)26-35(27-53-20-22-64-23-21-53)47(60)50-36-12-10-34(11-13-36)46(59)51-40-18-16-38(44(57)29(40)2)48(61)52-41-19-17-39(49(62)63)45(58)30(41)3/h4-19,24,35,54,57-58H,20-23,25-27H2,1-3H3,(H,50,60)(H,51,59)(H,52,61)(H,62,63)/b28-24+. The van der Waals surface area contributed by atoms with E-state index in [2.05, 4.69) is 20.9 Å². The molecule has 15 nitrogen and oxygen atoms in total. The molecule has 6 rings (SSSR count). The molecule has 1 aliphatic heterocycles. The molecule has 7 N–H and O–H groups in total. The van der Waals surface area contributed by atoms with Gasteiger partial charge in [-0.05, 0) is 104 Å². The number of allylic oxidation sites excluding steroid dienone is 1. The number of Topliss-reactive ketones (excluding diaryl/α,β-unsaturated/α-hetero) is 2. The van der Waals surface area contributed by atoms with Gasteiger partial charge in [0.25, 0.3) is 11.8 Å². The molecule has 64 heavy (non-hydrogen) atoms. The highest BCUT2D eigenvalue weighted by Gasteiger charge is 2.27. The molecule has 0 bridgehead atoms. The summed E-state index contributed by atoms with van der Waals surface area (Å²) in [5, 5.41) is 48.1. The lowest BCUT2D eigenvalue weighted by molar-refractivity contribution is -0.121. The Bertz CT molecular complexity index is 2620. The highest BCUT2D eigenvalue weighted by atomic mass is 16.5. The molecule has 1 aliphatic rings. The Morgan fingerprint density at radius 3 is 1.86 bits per heavy atom. The first-order valence-corrected chi connectivity index (χ1v) is 20.4. The van der Waals surface area contributed by atoms with Crippen molar-refractivity contribution in [2.75, 3.05) is 48.8 Å². The topological polar surface area (TPSA) is 232 Å². The molecule has 5 aromatic carbocycles. The Morgan fingerprint density at radius 2 is 1.25 bits per heavy atom. The number of hydrogen-bond acceptors (Lipinski definition) is 11. The highest BCUT2D eigenvalue weighted by Crippen LogP contribution is 2.33. The zero-order valence-corrected chi connectivity index (χ0v) is 35.4. The van der Waals surface area contributed by atoms with Gasteiger partial charge < -0.3 is 41.1 Å². The Labute approximate surface area is 369 Å². The molecule has 0 radical (unpaired) electrons. The van der Waals surface area contributed by atoms with Crippen LogP contribution in [0.2, 0.25) is 0 Å². The quantitative estimate of drug-likeness (QED) is 0.0393. The van der Waals surface area contributed by atoms with Gasteiger partial charge in [-0.25, -0.2) is 4.79 Å². The van der Waals surface area contributed by atoms with Crippen molar-refractivity contribution >= 4 is 58.4 Å². The molecule has 5 aromatic rings. The van der Waals surface area contributed by atoms with E-state index in [-0.39, 0.29) is 75.3 Å². The highest BCUT2D eigenvalue weighted by molar-refractivity contribution is 6.09. The second-order valence-corrected chi connectivity index (χ2v) is 15.5. The smallest absolute Gasteiger partial charge is 0.339 e. The number of carboxylic acids is 1. The second kappa shape index (κ2) is 20.5. The number of ether oxygens (including phenoxy) is 1. The number of hydrogen-bond donors (Lipinski definition) is 7. The normalized spacial score (nSPS) is 13.4. The second-order valence-electron chi connectivity index (χ2n) is 15.5. The number of ketones is 2. The van der Waals surface area contributed by atoms with Gasteiger partial charge >= 0.3 is 5.97 Å². The first-order chi connectivity index (χ1) is 30.6. The van der Waals surface area contributed by atoms with Crippen molar-refractivity contribution in [3.8, 4) is 17.2 Å². The van der Waals surface area contributed by atoms with Crippen LogP contribution in [0.15, 0.2) is 103 Å². The minimum absolute atomic E-state index is 0.0772. The largest absolute Gasteiger partial charge is 0.508 e. The van der Waals surface area contributed by atoms with Crippen LogP contribution >= 0.6 is 0 Å². The number of carbonyl (C=O) groups is 6. The monoisotopic (exact) mass is 868 g/mol. The number of anilines is 3. The molecule has 330 valence electrons. The van der Waals surface area contributed by atoms with Crippen LogP contribution in [0.25, 0.3) is 6.08 Å². The fourth-order valence-corrected chi connectivity index (χ4v) is 7.07. The van der Waals surface area contributed by atoms with E-state index in [1.807, 2.05) is 0 Å². The fraction of sp³-hybridized carbons (Fsp3) is 0.224. The van der Waals surface area contributed by atoms with E-state index in [4.69, 9.17) is 4.74 Å². The van der Waals surface area contributed by atoms with E-state index in [0.717, 1.165) is 17.2 Å². The summed E-state index contributed by atoms with van der Waals surface area (Å²) in [7, 11) is 0. The van der Waals surface area contributed by atoms with Gasteiger partial charge in [-0.2, -0.15) is 0 Å². The van der Waals surface area contributed by atoms with E-state index in [9.17, 15) is 49.2 Å². The summed E-state index contributed by atoms with van der Waals surface area (Å²) in [6.45, 7) is 7.22. The van der Waals surface area contributed by atoms with E-state index in [1.165, 1.54) is 44.2 Å². The van der Waals surface area contributed by atoms with Gasteiger partial charge in [0.15, 0.2) is 11.6 Å². The van der Waals surface area contributed by atoms with Gasteiger partial charge in [0.2, 0.25) is 5.91 Å². The number of phenolic OH excluding ortho intramolecular Hbond substituents is 2. The molecule has 0 aromatic heterocycles. The number of aromatic carboxylic acids is 1. The molecular formula is C49H48N4O11. The van der Waals surface area contributed by atoms with Crippen molar-refractivity contribution in [1.82, 2.24) is 4.90 Å². The van der Waals surface area contributed by atoms with Crippen molar-refractivity contribution in [3.63, 3.8) is 0 Å². The Balaban J connectivity index is 1.07. The van der Waals surface area contributed by atoms with Crippen molar-refractivity contribution in [3.05, 3.63) is 147 Å². The number of benzene rings is 5. The molecule has 0 spiro atoms. The van der Waals surface area contributed by atoms with Crippen LogP contribution in [0.5, 0.6) is 17.2 Å². The molecule has 15 heteroatoms.